The molecule has 0 aliphatic carbocycles. The van der Waals surface area contributed by atoms with Crippen molar-refractivity contribution in [3.05, 3.63) is 75.3 Å². The first-order chi connectivity index (χ1) is 13.0. The number of methoxy groups -OCH3 is 1. The van der Waals surface area contributed by atoms with Crippen LogP contribution in [0.5, 0.6) is 5.75 Å². The standard InChI is InChI=1S/C20H16FN3O2S/c1-12-22-18-19(27-12)17(14-4-3-5-16(10-14)26-2)23-24(20(18)25)11-13-6-8-15(21)9-7-13/h3-10H,11H2,1-2H3. The molecule has 7 heteroatoms. The molecule has 2 aromatic carbocycles. The second-order valence-corrected chi connectivity index (χ2v) is 7.28. The topological polar surface area (TPSA) is 57.0 Å². The zero-order valence-electron chi connectivity index (χ0n) is 14.8. The summed E-state index contributed by atoms with van der Waals surface area (Å²) in [5, 5.41) is 5.40. The number of rotatable bonds is 4. The van der Waals surface area contributed by atoms with Gasteiger partial charge in [-0.05, 0) is 36.8 Å². The fourth-order valence-electron chi connectivity index (χ4n) is 2.90. The highest BCUT2D eigenvalue weighted by molar-refractivity contribution is 7.19. The molecular formula is C20H16FN3O2S. The second-order valence-electron chi connectivity index (χ2n) is 6.08. The fourth-order valence-corrected chi connectivity index (χ4v) is 3.81. The van der Waals surface area contributed by atoms with Crippen molar-refractivity contribution in [1.82, 2.24) is 14.8 Å². The number of halogens is 1. The highest BCUT2D eigenvalue weighted by Crippen LogP contribution is 2.31. The smallest absolute Gasteiger partial charge is 0.294 e. The average Bonchev–Trinajstić information content (AvgIpc) is 3.07. The molecule has 4 rings (SSSR count). The van der Waals surface area contributed by atoms with Crippen molar-refractivity contribution in [2.75, 3.05) is 7.11 Å². The lowest BCUT2D eigenvalue weighted by atomic mass is 10.1. The van der Waals surface area contributed by atoms with Crippen LogP contribution in [0.15, 0.2) is 53.3 Å². The van der Waals surface area contributed by atoms with Crippen molar-refractivity contribution in [3.63, 3.8) is 0 Å². The van der Waals surface area contributed by atoms with E-state index in [0.29, 0.717) is 17.0 Å². The van der Waals surface area contributed by atoms with E-state index < -0.39 is 0 Å². The van der Waals surface area contributed by atoms with Gasteiger partial charge in [0.15, 0.2) is 5.52 Å². The summed E-state index contributed by atoms with van der Waals surface area (Å²) in [5.41, 5.74) is 2.44. The van der Waals surface area contributed by atoms with Crippen molar-refractivity contribution < 1.29 is 9.13 Å². The van der Waals surface area contributed by atoms with Gasteiger partial charge in [-0.2, -0.15) is 5.10 Å². The number of ether oxygens (including phenoxy) is 1. The van der Waals surface area contributed by atoms with Crippen LogP contribution in [0, 0.1) is 12.7 Å². The van der Waals surface area contributed by atoms with E-state index in [9.17, 15) is 9.18 Å². The second kappa shape index (κ2) is 6.92. The summed E-state index contributed by atoms with van der Waals surface area (Å²) < 4.78 is 20.6. The van der Waals surface area contributed by atoms with Crippen LogP contribution in [-0.2, 0) is 6.54 Å². The maximum absolute atomic E-state index is 13.2. The van der Waals surface area contributed by atoms with Gasteiger partial charge in [0, 0.05) is 5.56 Å². The third-order valence-corrected chi connectivity index (χ3v) is 5.17. The van der Waals surface area contributed by atoms with E-state index in [1.54, 1.807) is 19.2 Å². The largest absolute Gasteiger partial charge is 0.497 e. The highest BCUT2D eigenvalue weighted by atomic mass is 32.1. The Morgan fingerprint density at radius 2 is 1.96 bits per heavy atom. The highest BCUT2D eigenvalue weighted by Gasteiger charge is 2.17. The van der Waals surface area contributed by atoms with Crippen molar-refractivity contribution in [2.45, 2.75) is 13.5 Å². The third-order valence-electron chi connectivity index (χ3n) is 4.20. The minimum absolute atomic E-state index is 0.239. The summed E-state index contributed by atoms with van der Waals surface area (Å²) in [6.45, 7) is 2.10. The molecule has 0 N–H and O–H groups in total. The molecule has 0 unspecified atom stereocenters. The first kappa shape index (κ1) is 17.4. The van der Waals surface area contributed by atoms with Gasteiger partial charge in [0.1, 0.15) is 17.3 Å². The molecule has 0 saturated heterocycles. The molecule has 0 amide bonds. The Kier molecular flexibility index (Phi) is 4.45. The molecule has 0 atom stereocenters. The quantitative estimate of drug-likeness (QED) is 0.536. The molecular weight excluding hydrogens is 365 g/mol. The summed E-state index contributed by atoms with van der Waals surface area (Å²) >= 11 is 1.44. The van der Waals surface area contributed by atoms with Gasteiger partial charge in [-0.1, -0.05) is 24.3 Å². The first-order valence-corrected chi connectivity index (χ1v) is 9.14. The zero-order valence-corrected chi connectivity index (χ0v) is 15.6. The Morgan fingerprint density at radius 1 is 1.19 bits per heavy atom. The summed E-state index contributed by atoms with van der Waals surface area (Å²) in [5.74, 6) is 0.390. The number of benzene rings is 2. The van der Waals surface area contributed by atoms with Gasteiger partial charge in [0.2, 0.25) is 0 Å². The summed E-state index contributed by atoms with van der Waals surface area (Å²) in [7, 11) is 1.61. The molecule has 0 spiro atoms. The van der Waals surface area contributed by atoms with Gasteiger partial charge in [-0.25, -0.2) is 14.1 Å². The normalized spacial score (nSPS) is 11.1. The molecule has 2 heterocycles. The van der Waals surface area contributed by atoms with Crippen molar-refractivity contribution in [3.8, 4) is 17.0 Å². The lowest BCUT2D eigenvalue weighted by Gasteiger charge is -2.10. The lowest BCUT2D eigenvalue weighted by molar-refractivity contribution is 0.415. The maximum atomic E-state index is 13.2. The predicted octanol–water partition coefficient (Wildman–Crippen LogP) is 4.02. The molecule has 0 aliphatic heterocycles. The van der Waals surface area contributed by atoms with Crippen LogP contribution < -0.4 is 10.3 Å². The molecule has 136 valence electrons. The van der Waals surface area contributed by atoms with Crippen LogP contribution in [0.2, 0.25) is 0 Å². The number of fused-ring (bicyclic) bond motifs is 1. The van der Waals surface area contributed by atoms with Gasteiger partial charge in [-0.3, -0.25) is 4.79 Å². The summed E-state index contributed by atoms with van der Waals surface area (Å²) in [4.78, 5) is 17.3. The van der Waals surface area contributed by atoms with E-state index in [4.69, 9.17) is 4.74 Å². The van der Waals surface area contributed by atoms with Crippen LogP contribution in [-0.4, -0.2) is 21.9 Å². The van der Waals surface area contributed by atoms with Crippen LogP contribution in [0.25, 0.3) is 21.5 Å². The van der Waals surface area contributed by atoms with E-state index in [0.717, 1.165) is 20.8 Å². The molecule has 0 aliphatic rings. The number of aromatic nitrogens is 3. The Balaban J connectivity index is 1.91. The Bertz CT molecular complexity index is 1180. The minimum atomic E-state index is -0.318. The Labute approximate surface area is 158 Å². The molecule has 2 aromatic heterocycles. The zero-order chi connectivity index (χ0) is 19.0. The van der Waals surface area contributed by atoms with E-state index in [1.807, 2.05) is 31.2 Å². The van der Waals surface area contributed by atoms with Crippen molar-refractivity contribution in [2.24, 2.45) is 0 Å². The lowest BCUT2D eigenvalue weighted by Crippen LogP contribution is -2.24. The summed E-state index contributed by atoms with van der Waals surface area (Å²) in [6, 6.07) is 13.6. The van der Waals surface area contributed by atoms with Crippen LogP contribution in [0.3, 0.4) is 0 Å². The van der Waals surface area contributed by atoms with Crippen LogP contribution in [0.4, 0.5) is 4.39 Å². The average molecular weight is 381 g/mol. The fraction of sp³-hybridized carbons (Fsp3) is 0.150. The monoisotopic (exact) mass is 381 g/mol. The molecule has 0 fully saturated rings. The number of nitrogens with zero attached hydrogens (tertiary/aromatic N) is 3. The van der Waals surface area contributed by atoms with Gasteiger partial charge in [0.05, 0.1) is 23.4 Å². The van der Waals surface area contributed by atoms with E-state index in [1.165, 1.54) is 28.2 Å². The van der Waals surface area contributed by atoms with Gasteiger partial charge in [0.25, 0.3) is 5.56 Å². The van der Waals surface area contributed by atoms with Gasteiger partial charge >= 0.3 is 0 Å². The molecule has 4 aromatic rings. The van der Waals surface area contributed by atoms with E-state index in [2.05, 4.69) is 10.1 Å². The molecule has 0 radical (unpaired) electrons. The number of aryl methyl sites for hydroxylation is 1. The number of hydrogen-bond acceptors (Lipinski definition) is 5. The molecule has 0 saturated carbocycles. The van der Waals surface area contributed by atoms with E-state index in [-0.39, 0.29) is 17.9 Å². The minimum Gasteiger partial charge on any atom is -0.497 e. The van der Waals surface area contributed by atoms with Gasteiger partial charge in [-0.15, -0.1) is 11.3 Å². The SMILES string of the molecule is COc1cccc(-c2nn(Cc3ccc(F)cc3)c(=O)c3nc(C)sc23)c1. The van der Waals surface area contributed by atoms with Crippen molar-refractivity contribution >= 4 is 21.6 Å². The third kappa shape index (κ3) is 3.33. The Morgan fingerprint density at radius 3 is 2.70 bits per heavy atom. The summed E-state index contributed by atoms with van der Waals surface area (Å²) in [6.07, 6.45) is 0. The van der Waals surface area contributed by atoms with Crippen molar-refractivity contribution in [1.29, 1.82) is 0 Å². The number of thiazole rings is 1. The van der Waals surface area contributed by atoms with Crippen LogP contribution >= 0.6 is 11.3 Å². The molecule has 5 nitrogen and oxygen atoms in total. The van der Waals surface area contributed by atoms with E-state index >= 15 is 0 Å². The van der Waals surface area contributed by atoms with Gasteiger partial charge < -0.3 is 4.74 Å². The van der Waals surface area contributed by atoms with Crippen LogP contribution in [0.1, 0.15) is 10.6 Å². The number of hydrogen-bond donors (Lipinski definition) is 0. The predicted molar refractivity (Wildman–Crippen MR) is 104 cm³/mol. The first-order valence-electron chi connectivity index (χ1n) is 8.32. The molecule has 0 bridgehead atoms. The maximum Gasteiger partial charge on any atom is 0.294 e. The Hall–Kier alpha value is -3.06. The molecule has 27 heavy (non-hydrogen) atoms.